The molecule has 0 saturated heterocycles. The summed E-state index contributed by atoms with van der Waals surface area (Å²) in [7, 11) is 6.28. The first kappa shape index (κ1) is 61.2. The largest absolute Gasteiger partial charge is 0.481 e. The number of fused-ring (bicyclic) bond motifs is 4. The van der Waals surface area contributed by atoms with Gasteiger partial charge in [-0.1, -0.05) is 0 Å². The van der Waals surface area contributed by atoms with E-state index in [0.29, 0.717) is 22.8 Å². The highest BCUT2D eigenvalue weighted by Crippen LogP contribution is 2.19. The monoisotopic (exact) mass is 1560 g/mol. The maximum absolute atomic E-state index is 12.2. The molecule has 8 aromatic heterocycles. The van der Waals surface area contributed by atoms with Crippen LogP contribution in [0, 0.1) is 0 Å². The Morgan fingerprint density at radius 1 is 0.315 bits per heavy atom. The number of aryl methyl sites for hydroxylation is 8. The molecular weight excluding hydrogens is 1460 g/mol. The first-order valence-electron chi connectivity index (χ1n) is 39.6. The number of aromatic nitrogens is 16. The summed E-state index contributed by atoms with van der Waals surface area (Å²) in [5, 5.41) is 104. The van der Waals surface area contributed by atoms with Crippen LogP contribution >= 0.6 is 0 Å². The number of hydrogen-bond acceptors (Lipinski definition) is 28. The van der Waals surface area contributed by atoms with Crippen molar-refractivity contribution in [2.75, 3.05) is 0 Å². The van der Waals surface area contributed by atoms with Crippen LogP contribution in [0.5, 0.6) is 0 Å². The highest BCUT2D eigenvalue weighted by molar-refractivity contribution is 5.92. The fourth-order valence-electron chi connectivity index (χ4n) is 8.41. The average molecular weight is 1560 g/mol. The number of carboxylic acids is 8. The van der Waals surface area contributed by atoms with Gasteiger partial charge in [-0.15, -0.1) is 0 Å². The van der Waals surface area contributed by atoms with E-state index in [2.05, 4.69) is 19.9 Å². The second-order valence-corrected chi connectivity index (χ2v) is 22.4. The molecule has 0 aromatic carbocycles. The zero-order valence-electron chi connectivity index (χ0n) is 79.1. The van der Waals surface area contributed by atoms with Crippen molar-refractivity contribution in [3.63, 3.8) is 0 Å². The third-order valence-electron chi connectivity index (χ3n) is 13.4. The lowest BCUT2D eigenvalue weighted by Crippen LogP contribution is -2.42. The van der Waals surface area contributed by atoms with Gasteiger partial charge in [-0.25, -0.2) is 58.3 Å². The topological polar surface area (TPSA) is 695 Å². The van der Waals surface area contributed by atoms with Gasteiger partial charge in [0.05, 0.1) is 51.0 Å². The minimum atomic E-state index is -3.08. The van der Waals surface area contributed by atoms with Crippen LogP contribution in [0.25, 0.3) is 44.7 Å². The molecule has 0 bridgehead atoms. The van der Waals surface area contributed by atoms with Crippen molar-refractivity contribution < 1.29 is 149 Å². The molecule has 0 aliphatic carbocycles. The maximum Gasteiger partial charge on any atom is 0.336 e. The van der Waals surface area contributed by atoms with E-state index in [1.807, 2.05) is 0 Å². The summed E-state index contributed by atoms with van der Waals surface area (Å²) in [5.74, 6) is -15.0. The number of carbonyl (C=O) groups is 12. The predicted octanol–water partition coefficient (Wildman–Crippen LogP) is -7.09. The van der Waals surface area contributed by atoms with Gasteiger partial charge in [0.1, 0.15) is 24.5 Å². The lowest BCUT2D eigenvalue weighted by Gasteiger charge is -2.19. The van der Waals surface area contributed by atoms with Gasteiger partial charge in [0, 0.05) is 139 Å². The molecule has 0 saturated carbocycles. The molecule has 8 aromatic rings. The molecule has 108 heavy (non-hydrogen) atoms. The lowest BCUT2D eigenvalue weighted by atomic mass is 9.94. The normalized spacial score (nSPS) is 16.6. The smallest absolute Gasteiger partial charge is 0.336 e. The Kier molecular flexibility index (Phi) is 21.3. The summed E-state index contributed by atoms with van der Waals surface area (Å²) in [4.78, 5) is 235. The van der Waals surface area contributed by atoms with Crippen molar-refractivity contribution in [2.45, 2.75) is 101 Å². The summed E-state index contributed by atoms with van der Waals surface area (Å²) in [6, 6.07) is 0. The number of aliphatic hydroxyl groups is 4. The zero-order valence-corrected chi connectivity index (χ0v) is 57.1. The molecule has 592 valence electrons. The summed E-state index contributed by atoms with van der Waals surface area (Å²) in [6.07, 6.45) is -4.48. The van der Waals surface area contributed by atoms with Crippen molar-refractivity contribution in [2.24, 2.45) is 84.1 Å². The molecule has 12 N–H and O–H groups in total. The molecule has 8 heterocycles. The number of hydrogen-bond donors (Lipinski definition) is 12. The molecular formula is C60H80N16O32. The first-order chi connectivity index (χ1) is 58.1. The highest BCUT2D eigenvalue weighted by atomic mass is 16.4. The second-order valence-electron chi connectivity index (χ2n) is 22.4. The van der Waals surface area contributed by atoms with Crippen LogP contribution in [-0.2, 0) is 142 Å². The minimum absolute atomic E-state index is 0.0409. The van der Waals surface area contributed by atoms with Gasteiger partial charge in [0.15, 0.2) is 67.1 Å². The second kappa shape index (κ2) is 37.5. The van der Waals surface area contributed by atoms with E-state index in [9.17, 15) is 116 Å². The van der Waals surface area contributed by atoms with E-state index >= 15 is 0 Å². The highest BCUT2D eigenvalue weighted by Gasteiger charge is 2.42. The number of ketones is 4. The predicted molar refractivity (Wildman–Crippen MR) is 365 cm³/mol. The van der Waals surface area contributed by atoms with Crippen LogP contribution in [-0.4, -0.2) is 229 Å². The molecule has 0 radical (unpaired) electrons. The Labute approximate surface area is 633 Å². The summed E-state index contributed by atoms with van der Waals surface area (Å²) < 4.78 is 167. The number of imidazole rings is 4. The molecule has 4 unspecified atom stereocenters. The number of rotatable bonds is 20. The third-order valence-corrected chi connectivity index (χ3v) is 13.4. The van der Waals surface area contributed by atoms with Crippen molar-refractivity contribution in [1.82, 2.24) is 74.7 Å². The maximum atomic E-state index is 12.2. The van der Waals surface area contributed by atoms with Gasteiger partial charge < -0.3 is 79.5 Å². The van der Waals surface area contributed by atoms with E-state index in [-0.39, 0.29) is 41.7 Å². The van der Waals surface area contributed by atoms with Crippen LogP contribution < -0.4 is 45.0 Å². The number of carbonyl (C=O) groups excluding carboxylic acids is 4. The van der Waals surface area contributed by atoms with E-state index in [0.717, 1.165) is 67.4 Å². The third kappa shape index (κ3) is 23.4. The van der Waals surface area contributed by atoms with Crippen LogP contribution in [0.3, 0.4) is 0 Å². The Bertz CT molecular complexity index is 5980. The molecule has 8 rings (SSSR count). The van der Waals surface area contributed by atoms with Gasteiger partial charge in [-0.05, 0) is 27.7 Å². The van der Waals surface area contributed by atoms with Crippen LogP contribution in [0.4, 0.5) is 0 Å². The Morgan fingerprint density at radius 3 is 0.778 bits per heavy atom. The number of aliphatic carboxylic acids is 8. The summed E-state index contributed by atoms with van der Waals surface area (Å²) >= 11 is 0. The SMILES string of the molecule is CC(=O)CC(O)(CC(=O)O)C(=O)O.CC(=O)CC(O)(CC(=O)O)C(=O)O.CC(=O)CC(O)(CC(=O)O)C(=O)O.CC(=O)CC(O)(CC(=O)O)C(=O)O.[2H]C([2H])([2H])n1c(=O)c2c(ncn2C([2H])([2H])[2H])n(C)c1=O.[2H]C([2H])([2H])n1c(=O)c2c(ncn2C)n(C([2H])([2H])[2H])c1=O.[2H]C([2H])([2H])n1cnc2c1c(=O)n(C)c(=O)n2C([2H])([2H])[2H].[2H]c1nc2c(c(=O)n(C)c(=O)n2C)n1C([2H])([2H])[2H]. The van der Waals surface area contributed by atoms with Gasteiger partial charge in [0.2, 0.25) is 0 Å². The first-order valence-corrected chi connectivity index (χ1v) is 28.6. The molecule has 0 amide bonds. The van der Waals surface area contributed by atoms with E-state index < -0.39 is 261 Å². The molecule has 4 atom stereocenters. The molecule has 0 fully saturated rings. The number of nitrogens with zero attached hydrogens (tertiary/aromatic N) is 16. The summed E-state index contributed by atoms with van der Waals surface area (Å²) in [5.41, 5.74) is -20.8. The van der Waals surface area contributed by atoms with E-state index in [4.69, 9.17) is 71.0 Å². The van der Waals surface area contributed by atoms with Crippen molar-refractivity contribution in [3.05, 3.63) is 109 Å². The molecule has 0 aliphatic rings. The standard InChI is InChI=1S/4C8H10N4O2.4C7H10O6/c4*1-10-4-9-6-5(10)7(13)12(3)8(14)11(6)2;4*1-4(8)2-7(13,6(11)12)3-5(9)10/h4*4H,1-3H3;4*13H,2-3H2,1H3,(H,9,10)(H,11,12)/i2D3,3D3;1D3,4D;1D3,3D3;1D3,2D3;;;;. The van der Waals surface area contributed by atoms with Crippen molar-refractivity contribution in [1.29, 1.82) is 0 Å². The van der Waals surface area contributed by atoms with Crippen LogP contribution in [0.1, 0.15) is 109 Å². The number of carboxylic acid groups (broad SMARTS) is 8. The van der Waals surface area contributed by atoms with Crippen molar-refractivity contribution >= 4 is 116 Å². The number of Topliss-reactive ketones (excluding diaryl/α,β-unsaturated/α-hetero) is 4. The van der Waals surface area contributed by atoms with Gasteiger partial charge in [-0.3, -0.25) is 94.1 Å². The Morgan fingerprint density at radius 2 is 0.528 bits per heavy atom. The van der Waals surface area contributed by atoms with Gasteiger partial charge >= 0.3 is 70.5 Å². The van der Waals surface area contributed by atoms with E-state index in [1.165, 1.54) is 32.8 Å². The van der Waals surface area contributed by atoms with Gasteiger partial charge in [0.25, 0.3) is 22.2 Å². The summed E-state index contributed by atoms with van der Waals surface area (Å²) in [6.45, 7) is -15.7. The quantitative estimate of drug-likeness (QED) is 0.0337. The lowest BCUT2D eigenvalue weighted by molar-refractivity contribution is -0.167. The zero-order chi connectivity index (χ0) is 103. The average Bonchev–Trinajstić information content (AvgIpc) is 1.53. The fraction of sp³-hybridized carbons (Fsp3) is 0.467. The van der Waals surface area contributed by atoms with E-state index in [1.54, 1.807) is 0 Å². The minimum Gasteiger partial charge on any atom is -0.481 e. The fourth-order valence-corrected chi connectivity index (χ4v) is 8.41. The Hall–Kier alpha value is -13.1. The van der Waals surface area contributed by atoms with Crippen molar-refractivity contribution in [3.8, 4) is 0 Å². The van der Waals surface area contributed by atoms with Gasteiger partial charge in [-0.2, -0.15) is 0 Å². The Balaban J connectivity index is 0.000000749. The molecule has 48 nitrogen and oxygen atoms in total. The van der Waals surface area contributed by atoms with Crippen LogP contribution in [0.2, 0.25) is 0 Å². The molecule has 0 aliphatic heterocycles. The molecule has 48 heteroatoms. The molecule has 0 spiro atoms. The van der Waals surface area contributed by atoms with Crippen LogP contribution in [0.15, 0.2) is 63.6 Å².